The Morgan fingerprint density at radius 1 is 1.47 bits per heavy atom. The summed E-state index contributed by atoms with van der Waals surface area (Å²) in [6, 6.07) is 5.55. The summed E-state index contributed by atoms with van der Waals surface area (Å²) in [4.78, 5) is 11.2. The number of aliphatic carboxylic acids is 1. The first-order valence-corrected chi connectivity index (χ1v) is 6.57. The molecule has 2 rings (SSSR count). The molecule has 0 fully saturated rings. The fourth-order valence-electron chi connectivity index (χ4n) is 2.62. The minimum absolute atomic E-state index is 0.302. The summed E-state index contributed by atoms with van der Waals surface area (Å²) in [5, 5.41) is 19.5. The van der Waals surface area contributed by atoms with Crippen molar-refractivity contribution in [2.24, 2.45) is 5.92 Å². The smallest absolute Gasteiger partial charge is 0.309 e. The Labute approximate surface area is 113 Å². The molecule has 0 radical (unpaired) electrons. The molecule has 0 amide bonds. The summed E-state index contributed by atoms with van der Waals surface area (Å²) < 4.78 is 5.87. The summed E-state index contributed by atoms with van der Waals surface area (Å²) in [6.07, 6.45) is 0.113. The number of aliphatic hydroxyl groups excluding tert-OH is 1. The van der Waals surface area contributed by atoms with E-state index in [1.54, 1.807) is 13.0 Å². The first-order chi connectivity index (χ1) is 8.85. The number of hydrogen-bond acceptors (Lipinski definition) is 3. The second-order valence-corrected chi connectivity index (χ2v) is 5.67. The molecule has 0 saturated heterocycles. The Morgan fingerprint density at radius 3 is 2.74 bits per heavy atom. The number of benzene rings is 1. The Morgan fingerprint density at radius 2 is 2.16 bits per heavy atom. The number of para-hydroxylation sites is 1. The van der Waals surface area contributed by atoms with Crippen LogP contribution >= 0.6 is 0 Å². The molecule has 19 heavy (non-hydrogen) atoms. The molecule has 2 N–H and O–H groups in total. The van der Waals surface area contributed by atoms with Gasteiger partial charge in [0.25, 0.3) is 0 Å². The van der Waals surface area contributed by atoms with Crippen LogP contribution in [0.5, 0.6) is 5.75 Å². The van der Waals surface area contributed by atoms with Gasteiger partial charge >= 0.3 is 5.97 Å². The van der Waals surface area contributed by atoms with Gasteiger partial charge in [-0.3, -0.25) is 4.79 Å². The monoisotopic (exact) mass is 264 g/mol. The van der Waals surface area contributed by atoms with Gasteiger partial charge in [0.2, 0.25) is 0 Å². The molecule has 104 valence electrons. The molecule has 1 aliphatic heterocycles. The van der Waals surface area contributed by atoms with Crippen LogP contribution in [0.25, 0.3) is 0 Å². The van der Waals surface area contributed by atoms with Crippen LogP contribution in [0.4, 0.5) is 0 Å². The van der Waals surface area contributed by atoms with Gasteiger partial charge in [-0.1, -0.05) is 25.1 Å². The molecule has 0 bridgehead atoms. The van der Waals surface area contributed by atoms with E-state index in [0.29, 0.717) is 17.7 Å². The third-order valence-electron chi connectivity index (χ3n) is 3.58. The summed E-state index contributed by atoms with van der Waals surface area (Å²) in [5.74, 6) is -1.14. The van der Waals surface area contributed by atoms with E-state index in [2.05, 4.69) is 0 Å². The molecule has 0 aromatic heterocycles. The maximum Gasteiger partial charge on any atom is 0.309 e. The lowest BCUT2D eigenvalue weighted by Gasteiger charge is -2.22. The number of carbonyl (C=O) groups is 1. The van der Waals surface area contributed by atoms with Gasteiger partial charge in [-0.25, -0.2) is 0 Å². The second-order valence-electron chi connectivity index (χ2n) is 5.67. The van der Waals surface area contributed by atoms with Crippen LogP contribution in [0, 0.1) is 5.92 Å². The van der Waals surface area contributed by atoms with E-state index in [1.807, 2.05) is 26.0 Å². The summed E-state index contributed by atoms with van der Waals surface area (Å²) in [6.45, 7) is 5.73. The van der Waals surface area contributed by atoms with E-state index in [9.17, 15) is 9.90 Å². The highest BCUT2D eigenvalue weighted by Gasteiger charge is 2.35. The van der Waals surface area contributed by atoms with E-state index in [4.69, 9.17) is 9.84 Å². The third-order valence-corrected chi connectivity index (χ3v) is 3.58. The van der Waals surface area contributed by atoms with Gasteiger partial charge in [-0.2, -0.15) is 0 Å². The van der Waals surface area contributed by atoms with Gasteiger partial charge in [0.05, 0.1) is 12.0 Å². The first kappa shape index (κ1) is 13.9. The van der Waals surface area contributed by atoms with E-state index in [-0.39, 0.29) is 5.60 Å². The lowest BCUT2D eigenvalue weighted by atomic mass is 9.91. The van der Waals surface area contributed by atoms with Crippen LogP contribution < -0.4 is 4.74 Å². The summed E-state index contributed by atoms with van der Waals surface area (Å²) in [7, 11) is 0. The van der Waals surface area contributed by atoms with Crippen molar-refractivity contribution in [2.45, 2.75) is 45.3 Å². The first-order valence-electron chi connectivity index (χ1n) is 6.57. The molecule has 1 aliphatic rings. The zero-order chi connectivity index (χ0) is 14.2. The molecule has 1 heterocycles. The van der Waals surface area contributed by atoms with Crippen molar-refractivity contribution < 1.29 is 19.7 Å². The van der Waals surface area contributed by atoms with Crippen molar-refractivity contribution in [2.75, 3.05) is 0 Å². The number of carboxylic acids is 1. The zero-order valence-corrected chi connectivity index (χ0v) is 11.5. The number of ether oxygens (including phenoxy) is 1. The van der Waals surface area contributed by atoms with Gasteiger partial charge in [0.15, 0.2) is 0 Å². The maximum atomic E-state index is 11.2. The van der Waals surface area contributed by atoms with Crippen LogP contribution in [-0.2, 0) is 11.2 Å². The highest BCUT2D eigenvalue weighted by molar-refractivity contribution is 5.71. The Hall–Kier alpha value is -1.55. The van der Waals surface area contributed by atoms with Crippen LogP contribution in [-0.4, -0.2) is 21.8 Å². The topological polar surface area (TPSA) is 66.8 Å². The number of rotatable bonds is 4. The Balaban J connectivity index is 2.38. The van der Waals surface area contributed by atoms with Crippen molar-refractivity contribution in [3.05, 3.63) is 29.3 Å². The number of aliphatic hydroxyl groups is 1. The van der Waals surface area contributed by atoms with Gasteiger partial charge in [0.1, 0.15) is 11.4 Å². The predicted molar refractivity (Wildman–Crippen MR) is 71.2 cm³/mol. The molecular weight excluding hydrogens is 244 g/mol. The average molecular weight is 264 g/mol. The molecule has 0 spiro atoms. The van der Waals surface area contributed by atoms with Crippen molar-refractivity contribution in [1.82, 2.24) is 0 Å². The van der Waals surface area contributed by atoms with Crippen LogP contribution in [0.1, 0.15) is 44.4 Å². The Kier molecular flexibility index (Phi) is 3.54. The minimum Gasteiger partial charge on any atom is -0.487 e. The van der Waals surface area contributed by atoms with Crippen molar-refractivity contribution >= 4 is 5.97 Å². The number of fused-ring (bicyclic) bond motifs is 1. The maximum absolute atomic E-state index is 11.2. The van der Waals surface area contributed by atoms with E-state index >= 15 is 0 Å². The molecule has 2 atom stereocenters. The fourth-order valence-corrected chi connectivity index (χ4v) is 2.62. The quantitative estimate of drug-likeness (QED) is 0.877. The number of carboxylic acid groups (broad SMARTS) is 1. The molecule has 0 aliphatic carbocycles. The van der Waals surface area contributed by atoms with Crippen LogP contribution in [0.3, 0.4) is 0 Å². The predicted octanol–water partition coefficient (Wildman–Crippen LogP) is 2.54. The van der Waals surface area contributed by atoms with Crippen LogP contribution in [0.2, 0.25) is 0 Å². The lowest BCUT2D eigenvalue weighted by Crippen LogP contribution is -2.25. The van der Waals surface area contributed by atoms with Gasteiger partial charge < -0.3 is 14.9 Å². The number of hydrogen-bond donors (Lipinski definition) is 2. The van der Waals surface area contributed by atoms with E-state index in [0.717, 1.165) is 12.0 Å². The fraction of sp³-hybridized carbons (Fsp3) is 0.533. The van der Waals surface area contributed by atoms with Crippen molar-refractivity contribution in [3.63, 3.8) is 0 Å². The van der Waals surface area contributed by atoms with Gasteiger partial charge in [-0.15, -0.1) is 0 Å². The zero-order valence-electron chi connectivity index (χ0n) is 11.5. The van der Waals surface area contributed by atoms with E-state index in [1.165, 1.54) is 0 Å². The average Bonchev–Trinajstić information content (AvgIpc) is 2.62. The third kappa shape index (κ3) is 2.59. The molecule has 4 heteroatoms. The highest BCUT2D eigenvalue weighted by Crippen LogP contribution is 2.42. The van der Waals surface area contributed by atoms with Gasteiger partial charge in [-0.05, 0) is 25.8 Å². The molecule has 0 saturated carbocycles. The van der Waals surface area contributed by atoms with Gasteiger partial charge in [0, 0.05) is 12.0 Å². The second kappa shape index (κ2) is 4.85. The lowest BCUT2D eigenvalue weighted by molar-refractivity contribution is -0.146. The Bertz CT molecular complexity index is 493. The molecule has 2 unspecified atom stereocenters. The largest absolute Gasteiger partial charge is 0.487 e. The normalized spacial score (nSPS) is 19.4. The highest BCUT2D eigenvalue weighted by atomic mass is 16.5. The minimum atomic E-state index is -1.04. The van der Waals surface area contributed by atoms with Crippen LogP contribution in [0.15, 0.2) is 18.2 Å². The summed E-state index contributed by atoms with van der Waals surface area (Å²) in [5.41, 5.74) is 1.31. The standard InChI is InChI=1S/C15H20O4/c1-4-10(14(17)18)12(16)11-7-5-6-9-8-15(2,3)19-13(9)11/h5-7,10,12,16H,4,8H2,1-3H3,(H,17,18). The molecule has 1 aromatic carbocycles. The summed E-state index contributed by atoms with van der Waals surface area (Å²) >= 11 is 0. The SMILES string of the molecule is CCC(C(=O)O)C(O)c1cccc2c1OC(C)(C)C2. The van der Waals surface area contributed by atoms with Crippen molar-refractivity contribution in [1.29, 1.82) is 0 Å². The van der Waals surface area contributed by atoms with Crippen molar-refractivity contribution in [3.8, 4) is 5.75 Å². The van der Waals surface area contributed by atoms with E-state index < -0.39 is 18.0 Å². The molecule has 1 aromatic rings. The molecular formula is C15H20O4. The molecule has 4 nitrogen and oxygen atoms in total.